The van der Waals surface area contributed by atoms with Crippen molar-refractivity contribution in [1.29, 1.82) is 0 Å². The van der Waals surface area contributed by atoms with Crippen molar-refractivity contribution in [3.05, 3.63) is 0 Å². The van der Waals surface area contributed by atoms with Gasteiger partial charge in [0.25, 0.3) is 0 Å². The van der Waals surface area contributed by atoms with Crippen LogP contribution in [0.25, 0.3) is 0 Å². The number of carbonyl (C=O) groups excluding carboxylic acids is 1. The summed E-state index contributed by atoms with van der Waals surface area (Å²) in [6.45, 7) is 10.7. The largest absolute Gasteiger partial charge is 0.355 e. The highest BCUT2D eigenvalue weighted by molar-refractivity contribution is 14.0. The third-order valence-electron chi connectivity index (χ3n) is 6.26. The minimum Gasteiger partial charge on any atom is -0.355 e. The fraction of sp³-hybridized carbons (Fsp3) is 0.895. The maximum Gasteiger partial charge on any atom is 0.220 e. The number of likely N-dealkylation sites (tertiary alicyclic amines) is 2. The summed E-state index contributed by atoms with van der Waals surface area (Å²) < 4.78 is 0. The van der Waals surface area contributed by atoms with Crippen LogP contribution in [-0.4, -0.2) is 73.5 Å². The third kappa shape index (κ3) is 5.03. The second kappa shape index (κ2) is 9.08. The number of hydrogen-bond donors (Lipinski definition) is 2. The molecule has 6 nitrogen and oxygen atoms in total. The van der Waals surface area contributed by atoms with Crippen molar-refractivity contribution in [3.63, 3.8) is 0 Å². The predicted octanol–water partition coefficient (Wildman–Crippen LogP) is 2.05. The molecule has 1 spiro atoms. The van der Waals surface area contributed by atoms with Crippen LogP contribution in [0, 0.1) is 5.41 Å². The number of carbonyl (C=O) groups is 1. The zero-order valence-electron chi connectivity index (χ0n) is 16.6. The standard InChI is InChI=1S/C19H35N5O.HI/c1-18(2,24-10-5-4-6-11-24)13-22-17(20-3)23-9-7-8-19(15-23)12-16(25)21-14-19;/h4-15H2,1-3H3,(H,20,22)(H,21,25);1H. The van der Waals surface area contributed by atoms with E-state index in [1.54, 1.807) is 0 Å². The molecule has 3 aliphatic rings. The van der Waals surface area contributed by atoms with Gasteiger partial charge in [0.05, 0.1) is 0 Å². The van der Waals surface area contributed by atoms with Crippen LogP contribution in [0.1, 0.15) is 52.4 Å². The van der Waals surface area contributed by atoms with E-state index in [0.29, 0.717) is 6.42 Å². The predicted molar refractivity (Wildman–Crippen MR) is 117 cm³/mol. The Kier molecular flexibility index (Phi) is 7.59. The monoisotopic (exact) mass is 477 g/mol. The minimum absolute atomic E-state index is 0. The van der Waals surface area contributed by atoms with E-state index in [2.05, 4.69) is 39.3 Å². The molecule has 0 saturated carbocycles. The average Bonchev–Trinajstić information content (AvgIpc) is 2.96. The summed E-state index contributed by atoms with van der Waals surface area (Å²) in [4.78, 5) is 21.2. The van der Waals surface area contributed by atoms with Gasteiger partial charge in [-0.2, -0.15) is 0 Å². The van der Waals surface area contributed by atoms with Gasteiger partial charge < -0.3 is 15.5 Å². The first kappa shape index (κ1) is 21.7. The summed E-state index contributed by atoms with van der Waals surface area (Å²) in [6, 6.07) is 0. The number of rotatable bonds is 3. The average molecular weight is 477 g/mol. The molecule has 7 heteroatoms. The Labute approximate surface area is 175 Å². The molecular weight excluding hydrogens is 441 g/mol. The smallest absolute Gasteiger partial charge is 0.220 e. The van der Waals surface area contributed by atoms with Crippen LogP contribution in [-0.2, 0) is 4.79 Å². The van der Waals surface area contributed by atoms with Crippen LogP contribution in [0.2, 0.25) is 0 Å². The zero-order valence-corrected chi connectivity index (χ0v) is 19.0. The fourth-order valence-corrected chi connectivity index (χ4v) is 4.67. The van der Waals surface area contributed by atoms with E-state index in [1.165, 1.54) is 32.4 Å². The molecule has 0 bridgehead atoms. The highest BCUT2D eigenvalue weighted by atomic mass is 127. The van der Waals surface area contributed by atoms with Gasteiger partial charge >= 0.3 is 0 Å². The summed E-state index contributed by atoms with van der Waals surface area (Å²) in [5.74, 6) is 1.19. The van der Waals surface area contributed by atoms with Crippen molar-refractivity contribution in [2.24, 2.45) is 10.4 Å². The lowest BCUT2D eigenvalue weighted by Gasteiger charge is -2.43. The number of aliphatic imine (C=N–C) groups is 1. The van der Waals surface area contributed by atoms with Crippen LogP contribution in [0.15, 0.2) is 4.99 Å². The summed E-state index contributed by atoms with van der Waals surface area (Å²) in [6.07, 6.45) is 6.93. The molecule has 3 aliphatic heterocycles. The van der Waals surface area contributed by atoms with Crippen molar-refractivity contribution in [2.45, 2.75) is 57.9 Å². The number of halogens is 1. The molecule has 150 valence electrons. The van der Waals surface area contributed by atoms with Gasteiger partial charge in [-0.1, -0.05) is 6.42 Å². The van der Waals surface area contributed by atoms with Crippen molar-refractivity contribution in [1.82, 2.24) is 20.4 Å². The van der Waals surface area contributed by atoms with Crippen LogP contribution in [0.5, 0.6) is 0 Å². The van der Waals surface area contributed by atoms with Crippen LogP contribution in [0.4, 0.5) is 0 Å². The first-order valence-corrected chi connectivity index (χ1v) is 9.92. The molecule has 3 rings (SSSR count). The molecule has 0 aliphatic carbocycles. The molecular formula is C19H36IN5O. The Morgan fingerprint density at radius 2 is 1.96 bits per heavy atom. The van der Waals surface area contributed by atoms with Gasteiger partial charge in [-0.25, -0.2) is 0 Å². The highest BCUT2D eigenvalue weighted by Crippen LogP contribution is 2.36. The summed E-state index contributed by atoms with van der Waals surface area (Å²) >= 11 is 0. The number of amides is 1. The molecule has 2 N–H and O–H groups in total. The molecule has 1 amide bonds. The van der Waals surface area contributed by atoms with E-state index in [0.717, 1.165) is 45.0 Å². The maximum atomic E-state index is 11.7. The minimum atomic E-state index is 0. The molecule has 1 unspecified atom stereocenters. The van der Waals surface area contributed by atoms with Gasteiger partial charge in [0, 0.05) is 50.6 Å². The van der Waals surface area contributed by atoms with E-state index in [4.69, 9.17) is 0 Å². The summed E-state index contributed by atoms with van der Waals surface area (Å²) in [7, 11) is 1.87. The van der Waals surface area contributed by atoms with Crippen molar-refractivity contribution in [3.8, 4) is 0 Å². The fourth-order valence-electron chi connectivity index (χ4n) is 4.67. The molecule has 0 aromatic carbocycles. The van der Waals surface area contributed by atoms with Crippen molar-refractivity contribution >= 4 is 35.8 Å². The quantitative estimate of drug-likeness (QED) is 0.371. The highest BCUT2D eigenvalue weighted by Gasteiger charge is 2.42. The molecule has 26 heavy (non-hydrogen) atoms. The topological polar surface area (TPSA) is 60.0 Å². The van der Waals surface area contributed by atoms with Gasteiger partial charge in [-0.15, -0.1) is 24.0 Å². The molecule has 3 fully saturated rings. The molecule has 1 atom stereocenters. The first-order chi connectivity index (χ1) is 11.9. The van der Waals surface area contributed by atoms with Gasteiger partial charge in [0.15, 0.2) is 5.96 Å². The van der Waals surface area contributed by atoms with Gasteiger partial charge in [-0.05, 0) is 52.6 Å². The number of piperidine rings is 2. The normalized spacial score (nSPS) is 28.0. The van der Waals surface area contributed by atoms with Crippen LogP contribution in [0.3, 0.4) is 0 Å². The molecule has 0 radical (unpaired) electrons. The van der Waals surface area contributed by atoms with E-state index < -0.39 is 0 Å². The Balaban J connectivity index is 0.00000243. The van der Waals surface area contributed by atoms with Gasteiger partial charge in [-0.3, -0.25) is 14.7 Å². The Hall–Kier alpha value is -0.570. The van der Waals surface area contributed by atoms with Crippen molar-refractivity contribution < 1.29 is 4.79 Å². The second-order valence-electron chi connectivity index (χ2n) is 8.74. The maximum absolute atomic E-state index is 11.7. The lowest BCUT2D eigenvalue weighted by Crippen LogP contribution is -2.57. The molecule has 0 aromatic rings. The van der Waals surface area contributed by atoms with Gasteiger partial charge in [0.2, 0.25) is 5.91 Å². The molecule has 0 aromatic heterocycles. The second-order valence-corrected chi connectivity index (χ2v) is 8.74. The van der Waals surface area contributed by atoms with Gasteiger partial charge in [0.1, 0.15) is 0 Å². The summed E-state index contributed by atoms with van der Waals surface area (Å²) in [5.41, 5.74) is 0.240. The summed E-state index contributed by atoms with van der Waals surface area (Å²) in [5, 5.41) is 6.65. The third-order valence-corrected chi connectivity index (χ3v) is 6.26. The Bertz CT molecular complexity index is 518. The number of hydrogen-bond acceptors (Lipinski definition) is 3. The number of guanidine groups is 1. The van der Waals surface area contributed by atoms with E-state index in [-0.39, 0.29) is 40.8 Å². The van der Waals surface area contributed by atoms with Crippen LogP contribution >= 0.6 is 24.0 Å². The lowest BCUT2D eigenvalue weighted by atomic mass is 9.79. The molecule has 3 heterocycles. The number of nitrogens with one attached hydrogen (secondary N) is 2. The Morgan fingerprint density at radius 1 is 1.23 bits per heavy atom. The van der Waals surface area contributed by atoms with Crippen LogP contribution < -0.4 is 10.6 Å². The van der Waals surface area contributed by atoms with E-state index in [1.807, 2.05) is 7.05 Å². The van der Waals surface area contributed by atoms with E-state index >= 15 is 0 Å². The lowest BCUT2D eigenvalue weighted by molar-refractivity contribution is -0.119. The zero-order chi connectivity index (χ0) is 17.9. The molecule has 3 saturated heterocycles. The van der Waals surface area contributed by atoms with Crippen molar-refractivity contribution in [2.75, 3.05) is 46.3 Å². The first-order valence-electron chi connectivity index (χ1n) is 9.92. The number of nitrogens with zero attached hydrogens (tertiary/aromatic N) is 3. The Morgan fingerprint density at radius 3 is 2.58 bits per heavy atom. The van der Waals surface area contributed by atoms with E-state index in [9.17, 15) is 4.79 Å². The SMILES string of the molecule is CN=C(NCC(C)(C)N1CCCCC1)N1CCCC2(CNC(=O)C2)C1.I.